The van der Waals surface area contributed by atoms with E-state index in [4.69, 9.17) is 9.72 Å². The predicted molar refractivity (Wildman–Crippen MR) is 75.0 cm³/mol. The molecule has 18 heavy (non-hydrogen) atoms. The first kappa shape index (κ1) is 12.4. The molecule has 2 aliphatic rings. The standard InChI is InChI=1S/C13H18BrN3O/c1-9-8-18-5-4-17(9)13-11(14)6-10-7-15-3-2-12(10)16-13/h6,9,15H,2-5,7-8H2,1H3. The van der Waals surface area contributed by atoms with Crippen LogP contribution in [0.5, 0.6) is 0 Å². The number of aromatic nitrogens is 1. The molecule has 4 nitrogen and oxygen atoms in total. The smallest absolute Gasteiger partial charge is 0.143 e. The van der Waals surface area contributed by atoms with E-state index in [-0.39, 0.29) is 0 Å². The summed E-state index contributed by atoms with van der Waals surface area (Å²) in [5.41, 5.74) is 2.56. The molecule has 0 radical (unpaired) electrons. The van der Waals surface area contributed by atoms with Crippen molar-refractivity contribution in [2.24, 2.45) is 0 Å². The highest BCUT2D eigenvalue weighted by Crippen LogP contribution is 2.30. The number of fused-ring (bicyclic) bond motifs is 1. The number of pyridine rings is 1. The van der Waals surface area contributed by atoms with Crippen LogP contribution in [0.2, 0.25) is 0 Å². The van der Waals surface area contributed by atoms with E-state index in [0.717, 1.165) is 49.6 Å². The van der Waals surface area contributed by atoms with Crippen LogP contribution < -0.4 is 10.2 Å². The van der Waals surface area contributed by atoms with Gasteiger partial charge in [-0.3, -0.25) is 0 Å². The molecule has 0 spiro atoms. The molecule has 0 saturated carbocycles. The Labute approximate surface area is 116 Å². The molecule has 1 unspecified atom stereocenters. The summed E-state index contributed by atoms with van der Waals surface area (Å²) in [6, 6.07) is 2.61. The average molecular weight is 312 g/mol. The lowest BCUT2D eigenvalue weighted by atomic mass is 10.1. The fourth-order valence-corrected chi connectivity index (χ4v) is 3.19. The van der Waals surface area contributed by atoms with Gasteiger partial charge in [0, 0.05) is 31.7 Å². The maximum Gasteiger partial charge on any atom is 0.143 e. The molecule has 0 bridgehead atoms. The Hall–Kier alpha value is -0.650. The van der Waals surface area contributed by atoms with Crippen molar-refractivity contribution in [3.05, 3.63) is 21.8 Å². The van der Waals surface area contributed by atoms with E-state index in [2.05, 4.69) is 39.1 Å². The van der Waals surface area contributed by atoms with Crippen molar-refractivity contribution in [2.75, 3.05) is 31.2 Å². The minimum Gasteiger partial charge on any atom is -0.377 e. The molecular weight excluding hydrogens is 294 g/mol. The Morgan fingerprint density at radius 1 is 1.56 bits per heavy atom. The summed E-state index contributed by atoms with van der Waals surface area (Å²) < 4.78 is 6.59. The molecule has 98 valence electrons. The molecular formula is C13H18BrN3O. The zero-order valence-corrected chi connectivity index (χ0v) is 12.2. The average Bonchev–Trinajstić information content (AvgIpc) is 2.39. The Morgan fingerprint density at radius 3 is 3.28 bits per heavy atom. The number of hydrogen-bond donors (Lipinski definition) is 1. The van der Waals surface area contributed by atoms with E-state index in [1.165, 1.54) is 11.3 Å². The molecule has 1 N–H and O–H groups in total. The van der Waals surface area contributed by atoms with Gasteiger partial charge in [-0.2, -0.15) is 0 Å². The fraction of sp³-hybridized carbons (Fsp3) is 0.615. The second-order valence-electron chi connectivity index (χ2n) is 4.94. The van der Waals surface area contributed by atoms with Gasteiger partial charge in [-0.1, -0.05) is 0 Å². The summed E-state index contributed by atoms with van der Waals surface area (Å²) in [6.07, 6.45) is 1.02. The van der Waals surface area contributed by atoms with Crippen molar-refractivity contribution in [1.29, 1.82) is 0 Å². The summed E-state index contributed by atoms with van der Waals surface area (Å²) in [5.74, 6) is 1.08. The molecule has 3 heterocycles. The van der Waals surface area contributed by atoms with Gasteiger partial charge < -0.3 is 15.0 Å². The molecule has 1 aromatic rings. The molecule has 0 aliphatic carbocycles. The summed E-state index contributed by atoms with van der Waals surface area (Å²) in [4.78, 5) is 7.21. The van der Waals surface area contributed by atoms with E-state index < -0.39 is 0 Å². The Morgan fingerprint density at radius 2 is 2.44 bits per heavy atom. The minimum absolute atomic E-state index is 0.391. The van der Waals surface area contributed by atoms with Crippen LogP contribution in [0.4, 0.5) is 5.82 Å². The lowest BCUT2D eigenvalue weighted by Gasteiger charge is -2.35. The summed E-state index contributed by atoms with van der Waals surface area (Å²) in [5, 5.41) is 3.38. The first-order chi connectivity index (χ1) is 8.75. The van der Waals surface area contributed by atoms with Gasteiger partial charge in [-0.05, 0) is 34.5 Å². The predicted octanol–water partition coefficient (Wildman–Crippen LogP) is 1.71. The number of halogens is 1. The van der Waals surface area contributed by atoms with Crippen LogP contribution in [0.25, 0.3) is 0 Å². The molecule has 2 aliphatic heterocycles. The van der Waals surface area contributed by atoms with E-state index in [0.29, 0.717) is 6.04 Å². The number of ether oxygens (including phenoxy) is 1. The van der Waals surface area contributed by atoms with Gasteiger partial charge in [-0.25, -0.2) is 4.98 Å². The fourth-order valence-electron chi connectivity index (χ4n) is 2.60. The molecule has 0 aromatic carbocycles. The highest BCUT2D eigenvalue weighted by Gasteiger charge is 2.24. The van der Waals surface area contributed by atoms with Gasteiger partial charge in [0.05, 0.1) is 23.7 Å². The van der Waals surface area contributed by atoms with Gasteiger partial charge in [0.2, 0.25) is 0 Å². The molecule has 1 atom stereocenters. The van der Waals surface area contributed by atoms with Crippen LogP contribution >= 0.6 is 15.9 Å². The van der Waals surface area contributed by atoms with Gasteiger partial charge in [0.15, 0.2) is 0 Å². The number of nitrogens with zero attached hydrogens (tertiary/aromatic N) is 2. The minimum atomic E-state index is 0.391. The largest absolute Gasteiger partial charge is 0.377 e. The van der Waals surface area contributed by atoms with Crippen molar-refractivity contribution >= 4 is 21.7 Å². The van der Waals surface area contributed by atoms with Crippen LogP contribution in [-0.2, 0) is 17.7 Å². The summed E-state index contributed by atoms with van der Waals surface area (Å²) >= 11 is 3.67. The molecule has 1 fully saturated rings. The Bertz CT molecular complexity index is 452. The van der Waals surface area contributed by atoms with E-state index >= 15 is 0 Å². The molecule has 5 heteroatoms. The van der Waals surface area contributed by atoms with Gasteiger partial charge in [-0.15, -0.1) is 0 Å². The maximum absolute atomic E-state index is 5.49. The van der Waals surface area contributed by atoms with Crippen molar-refractivity contribution in [3.63, 3.8) is 0 Å². The van der Waals surface area contributed by atoms with E-state index in [1.807, 2.05) is 0 Å². The van der Waals surface area contributed by atoms with Crippen LogP contribution in [0.1, 0.15) is 18.2 Å². The Balaban J connectivity index is 1.95. The maximum atomic E-state index is 5.49. The summed E-state index contributed by atoms with van der Waals surface area (Å²) in [7, 11) is 0. The number of morpholine rings is 1. The topological polar surface area (TPSA) is 37.4 Å². The van der Waals surface area contributed by atoms with Crippen molar-refractivity contribution in [3.8, 4) is 0 Å². The van der Waals surface area contributed by atoms with Crippen molar-refractivity contribution in [1.82, 2.24) is 10.3 Å². The lowest BCUT2D eigenvalue weighted by molar-refractivity contribution is 0.0984. The lowest BCUT2D eigenvalue weighted by Crippen LogP contribution is -2.44. The van der Waals surface area contributed by atoms with Crippen LogP contribution in [0.15, 0.2) is 10.5 Å². The first-order valence-corrected chi connectivity index (χ1v) is 7.28. The zero-order valence-electron chi connectivity index (χ0n) is 10.6. The van der Waals surface area contributed by atoms with E-state index in [1.54, 1.807) is 0 Å². The third-order valence-corrected chi connectivity index (χ3v) is 4.20. The van der Waals surface area contributed by atoms with Gasteiger partial charge in [0.25, 0.3) is 0 Å². The van der Waals surface area contributed by atoms with E-state index in [9.17, 15) is 0 Å². The molecule has 1 aromatic heterocycles. The number of rotatable bonds is 1. The SMILES string of the molecule is CC1COCCN1c1nc2c(cc1Br)CNCC2. The van der Waals surface area contributed by atoms with Gasteiger partial charge >= 0.3 is 0 Å². The highest BCUT2D eigenvalue weighted by atomic mass is 79.9. The molecule has 3 rings (SSSR count). The van der Waals surface area contributed by atoms with Crippen molar-refractivity contribution < 1.29 is 4.74 Å². The number of anilines is 1. The second kappa shape index (κ2) is 5.15. The van der Waals surface area contributed by atoms with Crippen LogP contribution in [0, 0.1) is 0 Å². The molecule has 0 amide bonds. The van der Waals surface area contributed by atoms with Crippen molar-refractivity contribution in [2.45, 2.75) is 25.9 Å². The third kappa shape index (κ3) is 2.27. The van der Waals surface area contributed by atoms with Crippen LogP contribution in [-0.4, -0.2) is 37.3 Å². The second-order valence-corrected chi connectivity index (χ2v) is 5.80. The quantitative estimate of drug-likeness (QED) is 0.857. The molecule has 1 saturated heterocycles. The Kier molecular flexibility index (Phi) is 3.54. The third-order valence-electron chi connectivity index (χ3n) is 3.62. The monoisotopic (exact) mass is 311 g/mol. The number of nitrogens with one attached hydrogen (secondary N) is 1. The highest BCUT2D eigenvalue weighted by molar-refractivity contribution is 9.10. The zero-order chi connectivity index (χ0) is 12.5. The normalized spacial score (nSPS) is 23.9. The van der Waals surface area contributed by atoms with Gasteiger partial charge in [0.1, 0.15) is 5.82 Å². The van der Waals surface area contributed by atoms with Crippen LogP contribution in [0.3, 0.4) is 0 Å². The summed E-state index contributed by atoms with van der Waals surface area (Å²) in [6.45, 7) is 6.64. The first-order valence-electron chi connectivity index (χ1n) is 6.49. The number of hydrogen-bond acceptors (Lipinski definition) is 4.